The lowest BCUT2D eigenvalue weighted by molar-refractivity contribution is 0.0973. The van der Waals surface area contributed by atoms with Crippen LogP contribution in [0.25, 0.3) is 0 Å². The lowest BCUT2D eigenvalue weighted by Crippen LogP contribution is -2.31. The predicted molar refractivity (Wildman–Crippen MR) is 63.6 cm³/mol. The minimum atomic E-state index is 0.135. The Hall–Kier alpha value is -0.860. The molecule has 0 aliphatic rings. The van der Waals surface area contributed by atoms with Gasteiger partial charge in [-0.15, -0.1) is 0 Å². The molecule has 2 N–H and O–H groups in total. The van der Waals surface area contributed by atoms with E-state index in [2.05, 4.69) is 45.0 Å². The second kappa shape index (κ2) is 5.89. The van der Waals surface area contributed by atoms with E-state index in [1.807, 2.05) is 0 Å². The maximum absolute atomic E-state index is 5.88. The van der Waals surface area contributed by atoms with Gasteiger partial charge in [0.2, 0.25) is 0 Å². The van der Waals surface area contributed by atoms with Crippen molar-refractivity contribution in [3.8, 4) is 0 Å². The van der Waals surface area contributed by atoms with E-state index in [0.717, 1.165) is 0 Å². The molecule has 2 nitrogen and oxygen atoms in total. The highest BCUT2D eigenvalue weighted by Gasteiger charge is 2.06. The largest absolute Gasteiger partial charge is 0.375 e. The molecule has 0 fully saturated rings. The lowest BCUT2D eigenvalue weighted by Gasteiger charge is -2.15. The Labute approximate surface area is 92.4 Å². The van der Waals surface area contributed by atoms with Crippen LogP contribution >= 0.6 is 0 Å². The Morgan fingerprint density at radius 2 is 1.80 bits per heavy atom. The Bertz CT molecular complexity index is 279. The van der Waals surface area contributed by atoms with Crippen LogP contribution in [0, 0.1) is 12.8 Å². The van der Waals surface area contributed by atoms with Gasteiger partial charge >= 0.3 is 0 Å². The van der Waals surface area contributed by atoms with E-state index in [4.69, 9.17) is 10.5 Å². The Kier molecular flexibility index (Phi) is 4.79. The maximum Gasteiger partial charge on any atom is 0.0717 e. The second-order valence-electron chi connectivity index (χ2n) is 4.41. The fourth-order valence-electron chi connectivity index (χ4n) is 1.19. The van der Waals surface area contributed by atoms with Gasteiger partial charge in [-0.25, -0.2) is 0 Å². The molecule has 0 radical (unpaired) electrons. The fourth-order valence-corrected chi connectivity index (χ4v) is 1.19. The highest BCUT2D eigenvalue weighted by atomic mass is 16.5. The molecule has 0 spiro atoms. The molecule has 0 aliphatic carbocycles. The minimum Gasteiger partial charge on any atom is -0.375 e. The van der Waals surface area contributed by atoms with Crippen molar-refractivity contribution in [2.45, 2.75) is 33.4 Å². The van der Waals surface area contributed by atoms with Gasteiger partial charge in [0.25, 0.3) is 0 Å². The maximum atomic E-state index is 5.88. The van der Waals surface area contributed by atoms with Gasteiger partial charge in [-0.2, -0.15) is 0 Å². The van der Waals surface area contributed by atoms with Crippen molar-refractivity contribution in [2.75, 3.05) is 6.61 Å². The summed E-state index contributed by atoms with van der Waals surface area (Å²) in [5, 5.41) is 0. The topological polar surface area (TPSA) is 35.2 Å². The zero-order valence-corrected chi connectivity index (χ0v) is 9.86. The van der Waals surface area contributed by atoms with Gasteiger partial charge in [-0.05, 0) is 18.4 Å². The summed E-state index contributed by atoms with van der Waals surface area (Å²) in [5.74, 6) is 0.475. The van der Waals surface area contributed by atoms with Gasteiger partial charge in [0.05, 0.1) is 13.2 Å². The van der Waals surface area contributed by atoms with E-state index in [1.54, 1.807) is 0 Å². The van der Waals surface area contributed by atoms with Crippen LogP contribution in [0.5, 0.6) is 0 Å². The van der Waals surface area contributed by atoms with Crippen molar-refractivity contribution in [2.24, 2.45) is 11.7 Å². The monoisotopic (exact) mass is 207 g/mol. The van der Waals surface area contributed by atoms with E-state index in [1.165, 1.54) is 11.1 Å². The first-order valence-corrected chi connectivity index (χ1v) is 5.48. The van der Waals surface area contributed by atoms with Crippen LogP contribution in [-0.2, 0) is 11.3 Å². The van der Waals surface area contributed by atoms with Crippen LogP contribution < -0.4 is 5.73 Å². The smallest absolute Gasteiger partial charge is 0.0717 e. The number of hydrogen-bond donors (Lipinski definition) is 1. The summed E-state index contributed by atoms with van der Waals surface area (Å²) in [4.78, 5) is 0. The molecule has 0 aliphatic heterocycles. The molecule has 2 heteroatoms. The van der Waals surface area contributed by atoms with Crippen LogP contribution in [0.1, 0.15) is 25.0 Å². The van der Waals surface area contributed by atoms with Gasteiger partial charge in [0.1, 0.15) is 0 Å². The summed E-state index contributed by atoms with van der Waals surface area (Å²) in [5.41, 5.74) is 8.36. The third kappa shape index (κ3) is 4.45. The normalized spacial score (nSPS) is 13.1. The zero-order valence-electron chi connectivity index (χ0n) is 9.86. The molecule has 1 aromatic rings. The Morgan fingerprint density at radius 3 is 2.33 bits per heavy atom. The first kappa shape index (κ1) is 12.2. The summed E-state index contributed by atoms with van der Waals surface area (Å²) < 4.78 is 5.56. The van der Waals surface area contributed by atoms with Crippen LogP contribution in [0.3, 0.4) is 0 Å². The van der Waals surface area contributed by atoms with Crippen LogP contribution in [0.4, 0.5) is 0 Å². The van der Waals surface area contributed by atoms with E-state index >= 15 is 0 Å². The number of aryl methyl sites for hydroxylation is 1. The molecule has 1 rings (SSSR count). The molecule has 0 aromatic heterocycles. The van der Waals surface area contributed by atoms with E-state index in [-0.39, 0.29) is 6.04 Å². The Morgan fingerprint density at radius 1 is 1.20 bits per heavy atom. The van der Waals surface area contributed by atoms with Gasteiger partial charge in [0, 0.05) is 6.04 Å². The third-order valence-electron chi connectivity index (χ3n) is 2.56. The van der Waals surface area contributed by atoms with Crippen LogP contribution in [-0.4, -0.2) is 12.6 Å². The average molecular weight is 207 g/mol. The number of ether oxygens (including phenoxy) is 1. The molecule has 15 heavy (non-hydrogen) atoms. The minimum absolute atomic E-state index is 0.135. The lowest BCUT2D eigenvalue weighted by atomic mass is 10.1. The molecular formula is C13H21NO. The first-order valence-electron chi connectivity index (χ1n) is 5.48. The standard InChI is InChI=1S/C13H21NO/c1-10(2)13(14)9-15-8-12-6-4-11(3)5-7-12/h4-7,10,13H,8-9,14H2,1-3H3/t13-/m1/s1. The molecule has 1 aromatic carbocycles. The van der Waals surface area contributed by atoms with Gasteiger partial charge < -0.3 is 10.5 Å². The van der Waals surface area contributed by atoms with E-state index in [9.17, 15) is 0 Å². The predicted octanol–water partition coefficient (Wildman–Crippen LogP) is 2.49. The van der Waals surface area contributed by atoms with Gasteiger partial charge in [-0.3, -0.25) is 0 Å². The molecule has 0 bridgehead atoms. The molecule has 1 atom stereocenters. The summed E-state index contributed by atoms with van der Waals surface area (Å²) >= 11 is 0. The zero-order chi connectivity index (χ0) is 11.3. The molecular weight excluding hydrogens is 186 g/mol. The molecule has 0 heterocycles. The number of nitrogens with two attached hydrogens (primary N) is 1. The summed E-state index contributed by atoms with van der Waals surface area (Å²) in [6.45, 7) is 7.59. The first-order chi connectivity index (χ1) is 7.09. The molecule has 0 saturated heterocycles. The Balaban J connectivity index is 2.29. The van der Waals surface area contributed by atoms with Crippen molar-refractivity contribution in [1.29, 1.82) is 0 Å². The average Bonchev–Trinajstić information content (AvgIpc) is 2.20. The van der Waals surface area contributed by atoms with E-state index < -0.39 is 0 Å². The third-order valence-corrected chi connectivity index (χ3v) is 2.56. The van der Waals surface area contributed by atoms with Crippen molar-refractivity contribution in [1.82, 2.24) is 0 Å². The highest BCUT2D eigenvalue weighted by Crippen LogP contribution is 2.06. The molecule has 0 unspecified atom stereocenters. The van der Waals surface area contributed by atoms with Gasteiger partial charge in [0.15, 0.2) is 0 Å². The summed E-state index contributed by atoms with van der Waals surface area (Å²) in [7, 11) is 0. The number of benzene rings is 1. The molecule has 0 saturated carbocycles. The molecule has 0 amide bonds. The molecule has 84 valence electrons. The fraction of sp³-hybridized carbons (Fsp3) is 0.538. The number of rotatable bonds is 5. The van der Waals surface area contributed by atoms with Crippen LogP contribution in [0.15, 0.2) is 24.3 Å². The summed E-state index contributed by atoms with van der Waals surface area (Å²) in [6, 6.07) is 8.52. The van der Waals surface area contributed by atoms with Crippen molar-refractivity contribution >= 4 is 0 Å². The second-order valence-corrected chi connectivity index (χ2v) is 4.41. The number of hydrogen-bond acceptors (Lipinski definition) is 2. The highest BCUT2D eigenvalue weighted by molar-refractivity contribution is 5.20. The van der Waals surface area contributed by atoms with Gasteiger partial charge in [-0.1, -0.05) is 43.7 Å². The van der Waals surface area contributed by atoms with E-state index in [0.29, 0.717) is 19.1 Å². The van der Waals surface area contributed by atoms with Crippen molar-refractivity contribution in [3.05, 3.63) is 35.4 Å². The van der Waals surface area contributed by atoms with Crippen LogP contribution in [0.2, 0.25) is 0 Å². The van der Waals surface area contributed by atoms with Crippen molar-refractivity contribution < 1.29 is 4.74 Å². The SMILES string of the molecule is Cc1ccc(COC[C@@H](N)C(C)C)cc1. The van der Waals surface area contributed by atoms with Crippen molar-refractivity contribution in [3.63, 3.8) is 0 Å². The quantitative estimate of drug-likeness (QED) is 0.805. The summed E-state index contributed by atoms with van der Waals surface area (Å²) in [6.07, 6.45) is 0.